The summed E-state index contributed by atoms with van der Waals surface area (Å²) in [5.41, 5.74) is 0.517. The highest BCUT2D eigenvalue weighted by Gasteiger charge is 2.16. The SMILES string of the molecule is CN(Cc1ccccc1F)C(=O)CSc1nnc(NC2CCCCC2)s1. The molecule has 0 bridgehead atoms. The van der Waals surface area contributed by atoms with Crippen LogP contribution in [0.2, 0.25) is 0 Å². The van der Waals surface area contributed by atoms with Crippen LogP contribution in [0.15, 0.2) is 28.6 Å². The van der Waals surface area contributed by atoms with Crippen LogP contribution in [0.3, 0.4) is 0 Å². The van der Waals surface area contributed by atoms with Gasteiger partial charge in [0.1, 0.15) is 5.82 Å². The number of nitrogens with one attached hydrogen (secondary N) is 1. The van der Waals surface area contributed by atoms with E-state index in [9.17, 15) is 9.18 Å². The molecule has 0 radical (unpaired) electrons. The third-order valence-corrected chi connectivity index (χ3v) is 6.42. The van der Waals surface area contributed by atoms with Crippen LogP contribution in [0.25, 0.3) is 0 Å². The predicted octanol–water partition coefficient (Wildman–Crippen LogP) is 4.17. The molecule has 8 heteroatoms. The van der Waals surface area contributed by atoms with E-state index < -0.39 is 0 Å². The van der Waals surface area contributed by atoms with Crippen LogP contribution in [0.5, 0.6) is 0 Å². The van der Waals surface area contributed by atoms with Gasteiger partial charge in [0.25, 0.3) is 0 Å². The van der Waals surface area contributed by atoms with Gasteiger partial charge in [-0.05, 0) is 18.9 Å². The summed E-state index contributed by atoms with van der Waals surface area (Å²) in [5, 5.41) is 12.6. The fourth-order valence-electron chi connectivity index (χ4n) is 2.95. The lowest BCUT2D eigenvalue weighted by Crippen LogP contribution is -2.28. The minimum atomic E-state index is -0.289. The van der Waals surface area contributed by atoms with E-state index in [0.29, 0.717) is 11.6 Å². The largest absolute Gasteiger partial charge is 0.357 e. The highest BCUT2D eigenvalue weighted by molar-refractivity contribution is 8.01. The molecule has 1 aromatic carbocycles. The van der Waals surface area contributed by atoms with Crippen LogP contribution in [0, 0.1) is 5.82 Å². The smallest absolute Gasteiger partial charge is 0.233 e. The number of carbonyl (C=O) groups excluding carboxylic acids is 1. The van der Waals surface area contributed by atoms with E-state index in [0.717, 1.165) is 9.47 Å². The standard InChI is InChI=1S/C18H23FN4OS2/c1-23(11-13-7-5-6-10-15(13)19)16(24)12-25-18-22-21-17(26-18)20-14-8-3-2-4-9-14/h5-7,10,14H,2-4,8-9,11-12H2,1H3,(H,20,21). The topological polar surface area (TPSA) is 58.1 Å². The Morgan fingerprint density at radius 1 is 1.31 bits per heavy atom. The van der Waals surface area contributed by atoms with Crippen LogP contribution in [-0.2, 0) is 11.3 Å². The first kappa shape index (κ1) is 19.1. The molecule has 0 aliphatic heterocycles. The van der Waals surface area contributed by atoms with Gasteiger partial charge in [0, 0.05) is 25.2 Å². The van der Waals surface area contributed by atoms with Gasteiger partial charge < -0.3 is 10.2 Å². The Hall–Kier alpha value is -1.67. The summed E-state index contributed by atoms with van der Waals surface area (Å²) in [6.45, 7) is 0.261. The number of halogens is 1. The van der Waals surface area contributed by atoms with E-state index >= 15 is 0 Å². The summed E-state index contributed by atoms with van der Waals surface area (Å²) in [6.07, 6.45) is 6.21. The van der Waals surface area contributed by atoms with Gasteiger partial charge in [-0.15, -0.1) is 10.2 Å². The van der Waals surface area contributed by atoms with Crippen molar-refractivity contribution < 1.29 is 9.18 Å². The molecule has 1 aromatic heterocycles. The zero-order chi connectivity index (χ0) is 18.4. The summed E-state index contributed by atoms with van der Waals surface area (Å²) in [4.78, 5) is 13.8. The van der Waals surface area contributed by atoms with Crippen molar-refractivity contribution in [3.63, 3.8) is 0 Å². The zero-order valence-electron chi connectivity index (χ0n) is 14.8. The summed E-state index contributed by atoms with van der Waals surface area (Å²) in [5.74, 6) is -0.0826. The predicted molar refractivity (Wildman–Crippen MR) is 104 cm³/mol. The summed E-state index contributed by atoms with van der Waals surface area (Å²) >= 11 is 2.86. The third kappa shape index (κ3) is 5.41. The van der Waals surface area contributed by atoms with Gasteiger partial charge in [0.05, 0.1) is 5.75 Å². The molecule has 140 valence electrons. The summed E-state index contributed by atoms with van der Waals surface area (Å²) in [7, 11) is 1.69. The van der Waals surface area contributed by atoms with Gasteiger partial charge in [0.2, 0.25) is 11.0 Å². The van der Waals surface area contributed by atoms with Crippen LogP contribution < -0.4 is 5.32 Å². The molecule has 1 heterocycles. The normalized spacial score (nSPS) is 15.0. The molecule has 2 aromatic rings. The maximum absolute atomic E-state index is 13.7. The Morgan fingerprint density at radius 3 is 2.85 bits per heavy atom. The number of hydrogen-bond acceptors (Lipinski definition) is 6. The Labute approximate surface area is 161 Å². The number of nitrogens with zero attached hydrogens (tertiary/aromatic N) is 3. The van der Waals surface area contributed by atoms with Crippen LogP contribution in [0.4, 0.5) is 9.52 Å². The van der Waals surface area contributed by atoms with E-state index in [1.807, 2.05) is 0 Å². The van der Waals surface area contributed by atoms with Crippen molar-refractivity contribution >= 4 is 34.1 Å². The fourth-order valence-corrected chi connectivity index (χ4v) is 4.72. The van der Waals surface area contributed by atoms with Crippen molar-refractivity contribution in [2.45, 2.75) is 49.0 Å². The fraction of sp³-hybridized carbons (Fsp3) is 0.500. The molecule has 5 nitrogen and oxygen atoms in total. The van der Waals surface area contributed by atoms with Crippen LogP contribution in [0.1, 0.15) is 37.7 Å². The van der Waals surface area contributed by atoms with Crippen molar-refractivity contribution in [2.75, 3.05) is 18.1 Å². The average molecular weight is 395 g/mol. The van der Waals surface area contributed by atoms with Crippen molar-refractivity contribution in [1.82, 2.24) is 15.1 Å². The summed E-state index contributed by atoms with van der Waals surface area (Å²) < 4.78 is 14.5. The van der Waals surface area contributed by atoms with Crippen LogP contribution >= 0.6 is 23.1 Å². The monoisotopic (exact) mass is 394 g/mol. The van der Waals surface area contributed by atoms with Gasteiger partial charge in [-0.3, -0.25) is 4.79 Å². The molecule has 1 aliphatic rings. The Bertz CT molecular complexity index is 733. The van der Waals surface area contributed by atoms with Crippen molar-refractivity contribution in [3.8, 4) is 0 Å². The molecular formula is C18H23FN4OS2. The van der Waals surface area contributed by atoms with Gasteiger partial charge in [-0.25, -0.2) is 4.39 Å². The van der Waals surface area contributed by atoms with Crippen molar-refractivity contribution in [1.29, 1.82) is 0 Å². The zero-order valence-corrected chi connectivity index (χ0v) is 16.4. The lowest BCUT2D eigenvalue weighted by Gasteiger charge is -2.21. The highest BCUT2D eigenvalue weighted by atomic mass is 32.2. The van der Waals surface area contributed by atoms with Gasteiger partial charge >= 0.3 is 0 Å². The van der Waals surface area contributed by atoms with E-state index in [1.165, 1.54) is 66.2 Å². The first-order valence-corrected chi connectivity index (χ1v) is 10.6. The molecule has 26 heavy (non-hydrogen) atoms. The Balaban J connectivity index is 1.46. The molecule has 0 unspecified atom stereocenters. The number of benzene rings is 1. The number of hydrogen-bond donors (Lipinski definition) is 1. The van der Waals surface area contributed by atoms with E-state index in [2.05, 4.69) is 15.5 Å². The second kappa shape index (κ2) is 9.32. The number of anilines is 1. The molecule has 1 saturated carbocycles. The molecule has 0 spiro atoms. The van der Waals surface area contributed by atoms with Crippen LogP contribution in [-0.4, -0.2) is 39.8 Å². The van der Waals surface area contributed by atoms with E-state index in [4.69, 9.17) is 0 Å². The van der Waals surface area contributed by atoms with Gasteiger partial charge in [0.15, 0.2) is 4.34 Å². The van der Waals surface area contributed by atoms with Crippen molar-refractivity contribution in [2.24, 2.45) is 0 Å². The van der Waals surface area contributed by atoms with E-state index in [1.54, 1.807) is 25.2 Å². The maximum atomic E-state index is 13.7. The number of aromatic nitrogens is 2. The van der Waals surface area contributed by atoms with Gasteiger partial charge in [-0.1, -0.05) is 60.6 Å². The number of carbonyl (C=O) groups is 1. The lowest BCUT2D eigenvalue weighted by molar-refractivity contribution is -0.127. The number of amides is 1. The minimum absolute atomic E-state index is 0.0600. The Kier molecular flexibility index (Phi) is 6.85. The Morgan fingerprint density at radius 2 is 2.08 bits per heavy atom. The maximum Gasteiger partial charge on any atom is 0.233 e. The molecule has 0 atom stereocenters. The van der Waals surface area contributed by atoms with Gasteiger partial charge in [-0.2, -0.15) is 0 Å². The molecular weight excluding hydrogens is 371 g/mol. The number of rotatable bonds is 7. The van der Waals surface area contributed by atoms with E-state index in [-0.39, 0.29) is 24.0 Å². The number of thioether (sulfide) groups is 1. The third-order valence-electron chi connectivity index (χ3n) is 4.45. The summed E-state index contributed by atoms with van der Waals surface area (Å²) in [6, 6.07) is 7.01. The second-order valence-electron chi connectivity index (χ2n) is 6.48. The minimum Gasteiger partial charge on any atom is -0.357 e. The molecule has 3 rings (SSSR count). The molecule has 1 aliphatic carbocycles. The quantitative estimate of drug-likeness (QED) is 0.714. The first-order valence-electron chi connectivity index (χ1n) is 8.82. The second-order valence-corrected chi connectivity index (χ2v) is 8.68. The molecule has 1 amide bonds. The molecule has 1 N–H and O–H groups in total. The first-order chi connectivity index (χ1) is 12.6. The molecule has 0 saturated heterocycles. The van der Waals surface area contributed by atoms with Crippen molar-refractivity contribution in [3.05, 3.63) is 35.6 Å². The lowest BCUT2D eigenvalue weighted by atomic mass is 9.96. The highest BCUT2D eigenvalue weighted by Crippen LogP contribution is 2.28. The molecule has 1 fully saturated rings. The average Bonchev–Trinajstić information content (AvgIpc) is 3.09.